The molecular formula is C25H24N4O. The Morgan fingerprint density at radius 2 is 1.60 bits per heavy atom. The van der Waals surface area contributed by atoms with E-state index in [1.807, 2.05) is 81.4 Å². The zero-order chi connectivity index (χ0) is 21.3. The van der Waals surface area contributed by atoms with Crippen molar-refractivity contribution in [3.63, 3.8) is 0 Å². The highest BCUT2D eigenvalue weighted by Crippen LogP contribution is 2.24. The maximum atomic E-state index is 12.9. The number of aromatic nitrogens is 3. The van der Waals surface area contributed by atoms with Crippen LogP contribution in [0.4, 0.5) is 5.69 Å². The Bertz CT molecular complexity index is 1230. The number of aryl methyl sites for hydroxylation is 4. The maximum absolute atomic E-state index is 12.9. The summed E-state index contributed by atoms with van der Waals surface area (Å²) in [6, 6.07) is 21.8. The smallest absolute Gasteiger partial charge is 0.295 e. The van der Waals surface area contributed by atoms with Crippen LogP contribution in [-0.4, -0.2) is 20.7 Å². The average Bonchev–Trinajstić information content (AvgIpc) is 3.17. The minimum atomic E-state index is -0.334. The van der Waals surface area contributed by atoms with Gasteiger partial charge in [-0.1, -0.05) is 54.1 Å². The predicted octanol–water partition coefficient (Wildman–Crippen LogP) is 5.42. The number of hydrogen-bond acceptors (Lipinski definition) is 3. The number of nitrogens with one attached hydrogen (secondary N) is 1. The first kappa shape index (κ1) is 19.6. The first-order valence-electron chi connectivity index (χ1n) is 9.91. The van der Waals surface area contributed by atoms with Gasteiger partial charge >= 0.3 is 0 Å². The Kier molecular flexibility index (Phi) is 5.19. The Labute approximate surface area is 176 Å². The molecular weight excluding hydrogens is 372 g/mol. The second-order valence-corrected chi connectivity index (χ2v) is 7.58. The SMILES string of the molecule is Cc1ccc(-n2nc(C(=O)Nc3ccc(C)c(C)c3)nc2-c2ccccc2)c(C)c1. The van der Waals surface area contributed by atoms with Crippen LogP contribution in [0.2, 0.25) is 0 Å². The predicted molar refractivity (Wildman–Crippen MR) is 120 cm³/mol. The Balaban J connectivity index is 1.76. The molecule has 1 N–H and O–H groups in total. The largest absolute Gasteiger partial charge is 0.319 e. The molecule has 0 radical (unpaired) electrons. The molecule has 0 fully saturated rings. The summed E-state index contributed by atoms with van der Waals surface area (Å²) in [5, 5.41) is 7.49. The van der Waals surface area contributed by atoms with Crippen molar-refractivity contribution in [1.82, 2.24) is 14.8 Å². The lowest BCUT2D eigenvalue weighted by Crippen LogP contribution is -2.14. The number of carbonyl (C=O) groups excluding carboxylic acids is 1. The molecule has 4 aromatic rings. The Morgan fingerprint density at radius 3 is 2.30 bits per heavy atom. The topological polar surface area (TPSA) is 59.8 Å². The number of benzene rings is 3. The third-order valence-electron chi connectivity index (χ3n) is 5.19. The Morgan fingerprint density at radius 1 is 0.833 bits per heavy atom. The highest BCUT2D eigenvalue weighted by molar-refractivity contribution is 6.01. The number of amides is 1. The summed E-state index contributed by atoms with van der Waals surface area (Å²) in [6.45, 7) is 8.15. The molecule has 0 saturated carbocycles. The first-order chi connectivity index (χ1) is 14.4. The van der Waals surface area contributed by atoms with E-state index in [0.717, 1.165) is 28.1 Å². The van der Waals surface area contributed by atoms with Crippen LogP contribution in [0.1, 0.15) is 32.9 Å². The summed E-state index contributed by atoms with van der Waals surface area (Å²) in [6.07, 6.45) is 0. The van der Waals surface area contributed by atoms with Gasteiger partial charge in [0.15, 0.2) is 5.82 Å². The minimum absolute atomic E-state index is 0.132. The Hall–Kier alpha value is -3.73. The molecule has 0 spiro atoms. The zero-order valence-electron chi connectivity index (χ0n) is 17.6. The van der Waals surface area contributed by atoms with Crippen molar-refractivity contribution in [2.45, 2.75) is 27.7 Å². The molecule has 150 valence electrons. The fourth-order valence-corrected chi connectivity index (χ4v) is 3.40. The van der Waals surface area contributed by atoms with Gasteiger partial charge in [-0.2, -0.15) is 0 Å². The van der Waals surface area contributed by atoms with E-state index in [1.54, 1.807) is 4.68 Å². The molecule has 0 unspecified atom stereocenters. The van der Waals surface area contributed by atoms with Crippen LogP contribution in [-0.2, 0) is 0 Å². The molecule has 5 nitrogen and oxygen atoms in total. The van der Waals surface area contributed by atoms with Gasteiger partial charge in [0, 0.05) is 11.3 Å². The van der Waals surface area contributed by atoms with Crippen molar-refractivity contribution in [2.75, 3.05) is 5.32 Å². The van der Waals surface area contributed by atoms with Crippen molar-refractivity contribution in [3.8, 4) is 17.1 Å². The van der Waals surface area contributed by atoms with Crippen molar-refractivity contribution in [2.24, 2.45) is 0 Å². The second kappa shape index (κ2) is 7.95. The molecule has 1 heterocycles. The third-order valence-corrected chi connectivity index (χ3v) is 5.19. The average molecular weight is 396 g/mol. The summed E-state index contributed by atoms with van der Waals surface area (Å²) in [5.74, 6) is 0.429. The quantitative estimate of drug-likeness (QED) is 0.501. The van der Waals surface area contributed by atoms with E-state index in [1.165, 1.54) is 11.1 Å². The van der Waals surface area contributed by atoms with E-state index >= 15 is 0 Å². The van der Waals surface area contributed by atoms with Gasteiger partial charge in [-0.3, -0.25) is 4.79 Å². The fourth-order valence-electron chi connectivity index (χ4n) is 3.40. The lowest BCUT2D eigenvalue weighted by Gasteiger charge is -2.09. The first-order valence-corrected chi connectivity index (χ1v) is 9.91. The molecule has 0 aliphatic heterocycles. The lowest BCUT2D eigenvalue weighted by atomic mass is 10.1. The van der Waals surface area contributed by atoms with E-state index in [9.17, 15) is 4.79 Å². The number of hydrogen-bond donors (Lipinski definition) is 1. The van der Waals surface area contributed by atoms with Crippen LogP contribution in [0.15, 0.2) is 66.7 Å². The third kappa shape index (κ3) is 3.87. The van der Waals surface area contributed by atoms with Crippen LogP contribution in [0.25, 0.3) is 17.1 Å². The van der Waals surface area contributed by atoms with E-state index < -0.39 is 0 Å². The molecule has 0 bridgehead atoms. The summed E-state index contributed by atoms with van der Waals surface area (Å²) < 4.78 is 1.75. The van der Waals surface area contributed by atoms with Crippen LogP contribution >= 0.6 is 0 Å². The molecule has 4 rings (SSSR count). The summed E-state index contributed by atoms with van der Waals surface area (Å²) >= 11 is 0. The second-order valence-electron chi connectivity index (χ2n) is 7.58. The minimum Gasteiger partial charge on any atom is -0.319 e. The fraction of sp³-hybridized carbons (Fsp3) is 0.160. The van der Waals surface area contributed by atoms with Crippen molar-refractivity contribution < 1.29 is 4.79 Å². The molecule has 30 heavy (non-hydrogen) atoms. The molecule has 0 saturated heterocycles. The lowest BCUT2D eigenvalue weighted by molar-refractivity contribution is 0.101. The maximum Gasteiger partial charge on any atom is 0.295 e. The molecule has 1 amide bonds. The van der Waals surface area contributed by atoms with Crippen molar-refractivity contribution in [1.29, 1.82) is 0 Å². The van der Waals surface area contributed by atoms with Gasteiger partial charge in [-0.05, 0) is 62.6 Å². The van der Waals surface area contributed by atoms with E-state index in [-0.39, 0.29) is 11.7 Å². The molecule has 0 aliphatic carbocycles. The van der Waals surface area contributed by atoms with Gasteiger partial charge < -0.3 is 5.32 Å². The van der Waals surface area contributed by atoms with Gasteiger partial charge in [-0.25, -0.2) is 9.67 Å². The van der Waals surface area contributed by atoms with Gasteiger partial charge in [0.1, 0.15) is 0 Å². The van der Waals surface area contributed by atoms with Crippen LogP contribution in [0, 0.1) is 27.7 Å². The highest BCUT2D eigenvalue weighted by Gasteiger charge is 2.20. The molecule has 5 heteroatoms. The number of rotatable bonds is 4. The molecule has 0 atom stereocenters. The molecule has 1 aromatic heterocycles. The highest BCUT2D eigenvalue weighted by atomic mass is 16.2. The van der Waals surface area contributed by atoms with E-state index in [0.29, 0.717) is 5.82 Å². The van der Waals surface area contributed by atoms with Crippen molar-refractivity contribution in [3.05, 3.63) is 94.8 Å². The zero-order valence-corrected chi connectivity index (χ0v) is 17.6. The number of carbonyl (C=O) groups is 1. The van der Waals surface area contributed by atoms with Crippen molar-refractivity contribution >= 4 is 11.6 Å². The van der Waals surface area contributed by atoms with Gasteiger partial charge in [-0.15, -0.1) is 5.10 Å². The number of anilines is 1. The monoisotopic (exact) mass is 396 g/mol. The van der Waals surface area contributed by atoms with E-state index in [2.05, 4.69) is 28.4 Å². The summed E-state index contributed by atoms with van der Waals surface area (Å²) in [7, 11) is 0. The molecule has 0 aliphatic rings. The van der Waals surface area contributed by atoms with Gasteiger partial charge in [0.25, 0.3) is 5.91 Å². The molecule has 3 aromatic carbocycles. The standard InChI is InChI=1S/C25H24N4O/c1-16-10-13-22(19(4)14-16)29-24(20-8-6-5-7-9-20)27-23(28-29)25(30)26-21-12-11-17(2)18(3)15-21/h5-15H,1-4H3,(H,26,30). The normalized spacial score (nSPS) is 10.8. The van der Waals surface area contributed by atoms with E-state index in [4.69, 9.17) is 0 Å². The van der Waals surface area contributed by atoms with Crippen LogP contribution in [0.3, 0.4) is 0 Å². The number of nitrogens with zero attached hydrogens (tertiary/aromatic N) is 3. The van der Waals surface area contributed by atoms with Gasteiger partial charge in [0.05, 0.1) is 5.69 Å². The summed E-state index contributed by atoms with van der Waals surface area (Å²) in [5.41, 5.74) is 7.06. The van der Waals surface area contributed by atoms with Crippen LogP contribution < -0.4 is 5.32 Å². The van der Waals surface area contributed by atoms with Crippen LogP contribution in [0.5, 0.6) is 0 Å². The summed E-state index contributed by atoms with van der Waals surface area (Å²) in [4.78, 5) is 17.5. The van der Waals surface area contributed by atoms with Gasteiger partial charge in [0.2, 0.25) is 5.82 Å².